The SMILES string of the molecule is c1cncc(-c2cc(N3CCCC3Cn3cnc4ccccc43)n3ncnc3n2)c1. The zero-order valence-corrected chi connectivity index (χ0v) is 16.3. The number of imidazole rings is 1. The smallest absolute Gasteiger partial charge is 0.254 e. The van der Waals surface area contributed by atoms with Crippen molar-refractivity contribution in [2.75, 3.05) is 11.4 Å². The van der Waals surface area contributed by atoms with Gasteiger partial charge in [-0.15, -0.1) is 0 Å². The first kappa shape index (κ1) is 17.1. The molecule has 0 radical (unpaired) electrons. The predicted molar refractivity (Wildman–Crippen MR) is 114 cm³/mol. The van der Waals surface area contributed by atoms with Gasteiger partial charge in [-0.3, -0.25) is 4.98 Å². The van der Waals surface area contributed by atoms with Crippen molar-refractivity contribution in [1.82, 2.24) is 34.1 Å². The lowest BCUT2D eigenvalue weighted by molar-refractivity contribution is 0.553. The molecule has 1 aromatic carbocycles. The van der Waals surface area contributed by atoms with Crippen LogP contribution in [0.15, 0.2) is 67.5 Å². The summed E-state index contributed by atoms with van der Waals surface area (Å²) in [4.78, 5) is 20.3. The fraction of sp³-hybridized carbons (Fsp3) is 0.227. The molecule has 4 aromatic heterocycles. The second-order valence-corrected chi connectivity index (χ2v) is 7.59. The summed E-state index contributed by atoms with van der Waals surface area (Å²) in [5.74, 6) is 1.62. The molecule has 5 heterocycles. The van der Waals surface area contributed by atoms with Crippen LogP contribution in [0.3, 0.4) is 0 Å². The van der Waals surface area contributed by atoms with Crippen molar-refractivity contribution in [3.63, 3.8) is 0 Å². The van der Waals surface area contributed by atoms with E-state index in [0.717, 1.165) is 48.5 Å². The van der Waals surface area contributed by atoms with Gasteiger partial charge in [0.15, 0.2) is 0 Å². The Hall–Kier alpha value is -3.81. The zero-order chi connectivity index (χ0) is 19.9. The molecule has 0 N–H and O–H groups in total. The van der Waals surface area contributed by atoms with Crippen LogP contribution in [-0.2, 0) is 6.54 Å². The van der Waals surface area contributed by atoms with E-state index in [1.54, 1.807) is 12.5 Å². The first-order valence-electron chi connectivity index (χ1n) is 10.1. The second kappa shape index (κ2) is 6.91. The number of fused-ring (bicyclic) bond motifs is 2. The van der Waals surface area contributed by atoms with Crippen LogP contribution in [-0.4, -0.2) is 46.7 Å². The second-order valence-electron chi connectivity index (χ2n) is 7.59. The Balaban J connectivity index is 1.41. The summed E-state index contributed by atoms with van der Waals surface area (Å²) in [6.07, 6.45) is 9.36. The van der Waals surface area contributed by atoms with Crippen molar-refractivity contribution in [3.8, 4) is 11.3 Å². The lowest BCUT2D eigenvalue weighted by Gasteiger charge is -2.27. The molecule has 0 aliphatic carbocycles. The molecule has 1 atom stereocenters. The third-order valence-corrected chi connectivity index (χ3v) is 5.80. The van der Waals surface area contributed by atoms with Gasteiger partial charge in [-0.05, 0) is 37.1 Å². The van der Waals surface area contributed by atoms with E-state index in [4.69, 9.17) is 0 Å². The summed E-state index contributed by atoms with van der Waals surface area (Å²) < 4.78 is 4.09. The van der Waals surface area contributed by atoms with Crippen molar-refractivity contribution < 1.29 is 0 Å². The number of rotatable bonds is 4. The highest BCUT2D eigenvalue weighted by molar-refractivity contribution is 5.75. The highest BCUT2D eigenvalue weighted by Crippen LogP contribution is 2.30. The minimum Gasteiger partial charge on any atom is -0.352 e. The quantitative estimate of drug-likeness (QED) is 0.464. The number of benzene rings is 1. The Bertz CT molecular complexity index is 1320. The van der Waals surface area contributed by atoms with E-state index >= 15 is 0 Å². The molecule has 1 aliphatic rings. The summed E-state index contributed by atoms with van der Waals surface area (Å²) in [6.45, 7) is 1.85. The number of para-hydroxylation sites is 2. The molecular formula is C22H20N8. The molecule has 1 saturated heterocycles. The molecule has 8 heteroatoms. The minimum atomic E-state index is 0.346. The van der Waals surface area contributed by atoms with Crippen LogP contribution in [0, 0.1) is 0 Å². The molecule has 0 amide bonds. The van der Waals surface area contributed by atoms with E-state index < -0.39 is 0 Å². The van der Waals surface area contributed by atoms with E-state index in [2.05, 4.69) is 58.8 Å². The van der Waals surface area contributed by atoms with Crippen LogP contribution in [0.2, 0.25) is 0 Å². The van der Waals surface area contributed by atoms with E-state index in [9.17, 15) is 0 Å². The molecule has 1 fully saturated rings. The van der Waals surface area contributed by atoms with Gasteiger partial charge in [0.2, 0.25) is 0 Å². The highest BCUT2D eigenvalue weighted by Gasteiger charge is 2.28. The molecule has 0 saturated carbocycles. The molecule has 1 unspecified atom stereocenters. The standard InChI is InChI=1S/C22H20N8/c1-2-8-20-18(7-1)25-15-28(20)13-17-6-4-10-29(17)21-11-19(16-5-3-9-23-12-16)27-22-24-14-26-30(21)22/h1-3,5,7-9,11-12,14-15,17H,4,6,10,13H2. The van der Waals surface area contributed by atoms with Gasteiger partial charge in [0.25, 0.3) is 5.78 Å². The van der Waals surface area contributed by atoms with E-state index in [-0.39, 0.29) is 0 Å². The number of hydrogen-bond donors (Lipinski definition) is 0. The van der Waals surface area contributed by atoms with Crippen molar-refractivity contribution >= 4 is 22.6 Å². The Morgan fingerprint density at radius 3 is 2.97 bits per heavy atom. The molecule has 8 nitrogen and oxygen atoms in total. The number of nitrogens with zero attached hydrogens (tertiary/aromatic N) is 8. The van der Waals surface area contributed by atoms with Gasteiger partial charge in [-0.25, -0.2) is 9.97 Å². The van der Waals surface area contributed by atoms with Crippen LogP contribution in [0.1, 0.15) is 12.8 Å². The van der Waals surface area contributed by atoms with Crippen LogP contribution < -0.4 is 4.90 Å². The van der Waals surface area contributed by atoms with Gasteiger partial charge in [0.1, 0.15) is 12.1 Å². The zero-order valence-electron chi connectivity index (χ0n) is 16.3. The highest BCUT2D eigenvalue weighted by atomic mass is 15.4. The summed E-state index contributed by atoms with van der Waals surface area (Å²) >= 11 is 0. The molecule has 0 spiro atoms. The van der Waals surface area contributed by atoms with Gasteiger partial charge in [0, 0.05) is 43.2 Å². The maximum atomic E-state index is 4.69. The molecule has 6 rings (SSSR count). The summed E-state index contributed by atoms with van der Waals surface area (Å²) in [5, 5.41) is 4.45. The summed E-state index contributed by atoms with van der Waals surface area (Å²) in [7, 11) is 0. The molecule has 0 bridgehead atoms. The summed E-state index contributed by atoms with van der Waals surface area (Å²) in [5.41, 5.74) is 4.03. The fourth-order valence-electron chi connectivity index (χ4n) is 4.37. The van der Waals surface area contributed by atoms with Crippen molar-refractivity contribution in [1.29, 1.82) is 0 Å². The fourth-order valence-corrected chi connectivity index (χ4v) is 4.37. The van der Waals surface area contributed by atoms with Crippen LogP contribution in [0.5, 0.6) is 0 Å². The van der Waals surface area contributed by atoms with Gasteiger partial charge >= 0.3 is 0 Å². The van der Waals surface area contributed by atoms with Crippen LogP contribution in [0.25, 0.3) is 28.1 Å². The maximum Gasteiger partial charge on any atom is 0.254 e. The molecule has 30 heavy (non-hydrogen) atoms. The van der Waals surface area contributed by atoms with Gasteiger partial charge in [-0.1, -0.05) is 12.1 Å². The molecule has 148 valence electrons. The first-order chi connectivity index (χ1) is 14.9. The van der Waals surface area contributed by atoms with E-state index in [1.807, 2.05) is 35.2 Å². The Kier molecular flexibility index (Phi) is 3.93. The molecular weight excluding hydrogens is 376 g/mol. The number of hydrogen-bond acceptors (Lipinski definition) is 6. The Labute approximate surface area is 172 Å². The first-order valence-corrected chi connectivity index (χ1v) is 10.1. The van der Waals surface area contributed by atoms with E-state index in [0.29, 0.717) is 11.8 Å². The Morgan fingerprint density at radius 1 is 1.07 bits per heavy atom. The van der Waals surface area contributed by atoms with Crippen molar-refractivity contribution in [3.05, 3.63) is 67.5 Å². The van der Waals surface area contributed by atoms with Gasteiger partial charge in [0.05, 0.1) is 23.1 Å². The number of anilines is 1. The number of pyridine rings is 1. The third kappa shape index (κ3) is 2.80. The Morgan fingerprint density at radius 2 is 2.03 bits per heavy atom. The average Bonchev–Trinajstić information content (AvgIpc) is 3.54. The average molecular weight is 396 g/mol. The molecule has 5 aromatic rings. The van der Waals surface area contributed by atoms with Crippen molar-refractivity contribution in [2.24, 2.45) is 0 Å². The lowest BCUT2D eigenvalue weighted by atomic mass is 10.2. The van der Waals surface area contributed by atoms with Gasteiger partial charge < -0.3 is 9.47 Å². The lowest BCUT2D eigenvalue weighted by Crippen LogP contribution is -2.34. The van der Waals surface area contributed by atoms with Crippen LogP contribution in [0.4, 0.5) is 5.82 Å². The van der Waals surface area contributed by atoms with Crippen molar-refractivity contribution in [2.45, 2.75) is 25.4 Å². The normalized spacial score (nSPS) is 16.7. The van der Waals surface area contributed by atoms with E-state index in [1.165, 1.54) is 5.52 Å². The largest absolute Gasteiger partial charge is 0.352 e. The monoisotopic (exact) mass is 396 g/mol. The topological polar surface area (TPSA) is 77.0 Å². The maximum absolute atomic E-state index is 4.69. The summed E-state index contributed by atoms with van der Waals surface area (Å²) in [6, 6.07) is 14.7. The number of aromatic nitrogens is 7. The minimum absolute atomic E-state index is 0.346. The predicted octanol–water partition coefficient (Wildman–Crippen LogP) is 3.21. The van der Waals surface area contributed by atoms with Gasteiger partial charge in [-0.2, -0.15) is 14.6 Å². The third-order valence-electron chi connectivity index (χ3n) is 5.80. The van der Waals surface area contributed by atoms with Crippen LogP contribution >= 0.6 is 0 Å². The molecule has 1 aliphatic heterocycles.